The average Bonchev–Trinajstić information content (AvgIpc) is 2.84. The van der Waals surface area contributed by atoms with Gasteiger partial charge in [0.2, 0.25) is 11.0 Å². The molecule has 0 bridgehead atoms. The highest BCUT2D eigenvalue weighted by molar-refractivity contribution is 8.14. The van der Waals surface area contributed by atoms with Crippen LogP contribution < -0.4 is 10.6 Å². The molecule has 3 rings (SSSR count). The van der Waals surface area contributed by atoms with Crippen molar-refractivity contribution in [2.45, 2.75) is 31.6 Å². The van der Waals surface area contributed by atoms with E-state index in [0.29, 0.717) is 5.56 Å². The molecule has 0 aliphatic heterocycles. The van der Waals surface area contributed by atoms with E-state index in [1.165, 1.54) is 17.3 Å². The van der Waals surface area contributed by atoms with Gasteiger partial charge in [0.1, 0.15) is 0 Å². The molecule has 2 amide bonds. The number of nitrogens with one attached hydrogen (secondary N) is 2. The van der Waals surface area contributed by atoms with E-state index in [-0.39, 0.29) is 22.8 Å². The van der Waals surface area contributed by atoms with Crippen LogP contribution in [0.15, 0.2) is 84.9 Å². The Morgan fingerprint density at radius 2 is 1.36 bits per heavy atom. The van der Waals surface area contributed by atoms with E-state index >= 15 is 0 Å². The first-order valence-electron chi connectivity index (χ1n) is 10.9. The second-order valence-corrected chi connectivity index (χ2v) is 9.30. The molecule has 6 heteroatoms. The maximum atomic E-state index is 12.5. The Kier molecular flexibility index (Phi) is 8.84. The molecular formula is C27H28N2O3S. The van der Waals surface area contributed by atoms with Gasteiger partial charge in [0.05, 0.1) is 12.6 Å². The predicted molar refractivity (Wildman–Crippen MR) is 134 cm³/mol. The van der Waals surface area contributed by atoms with Crippen molar-refractivity contribution in [3.05, 3.63) is 96.1 Å². The highest BCUT2D eigenvalue weighted by atomic mass is 32.2. The molecule has 3 aromatic rings. The van der Waals surface area contributed by atoms with Crippen LogP contribution in [0, 0.1) is 0 Å². The van der Waals surface area contributed by atoms with E-state index in [1.54, 1.807) is 31.2 Å². The van der Waals surface area contributed by atoms with Crippen LogP contribution in [-0.4, -0.2) is 34.8 Å². The summed E-state index contributed by atoms with van der Waals surface area (Å²) < 4.78 is 0. The van der Waals surface area contributed by atoms with Gasteiger partial charge < -0.3 is 10.6 Å². The van der Waals surface area contributed by atoms with Crippen LogP contribution in [0.4, 0.5) is 0 Å². The SMILES string of the molecule is C[C@@H](Cc1ccc(-c2ccccc2)cc1)SC(=O)[C@@H](C)NC(=O)CNC(=O)c1ccccc1. The molecule has 33 heavy (non-hydrogen) atoms. The minimum Gasteiger partial charge on any atom is -0.344 e. The lowest BCUT2D eigenvalue weighted by Gasteiger charge is -2.16. The molecular weight excluding hydrogens is 432 g/mol. The van der Waals surface area contributed by atoms with Crippen molar-refractivity contribution >= 4 is 28.7 Å². The summed E-state index contributed by atoms with van der Waals surface area (Å²) in [6.07, 6.45) is 0.749. The molecule has 0 aliphatic carbocycles. The molecule has 0 spiro atoms. The maximum Gasteiger partial charge on any atom is 0.251 e. The molecule has 2 N–H and O–H groups in total. The first-order chi connectivity index (χ1) is 15.9. The lowest BCUT2D eigenvalue weighted by molar-refractivity contribution is -0.123. The van der Waals surface area contributed by atoms with Crippen molar-refractivity contribution in [3.8, 4) is 11.1 Å². The smallest absolute Gasteiger partial charge is 0.251 e. The summed E-state index contributed by atoms with van der Waals surface area (Å²) in [6, 6.07) is 26.6. The van der Waals surface area contributed by atoms with Crippen molar-refractivity contribution < 1.29 is 14.4 Å². The van der Waals surface area contributed by atoms with Crippen LogP contribution in [0.2, 0.25) is 0 Å². The molecule has 0 fully saturated rings. The molecule has 2 atom stereocenters. The summed E-state index contributed by atoms with van der Waals surface area (Å²) in [4.78, 5) is 36.7. The van der Waals surface area contributed by atoms with Crippen LogP contribution >= 0.6 is 11.8 Å². The van der Waals surface area contributed by atoms with E-state index in [9.17, 15) is 14.4 Å². The van der Waals surface area contributed by atoms with Crippen molar-refractivity contribution in [1.29, 1.82) is 0 Å². The topological polar surface area (TPSA) is 75.3 Å². The zero-order chi connectivity index (χ0) is 23.6. The second kappa shape index (κ2) is 12.0. The van der Waals surface area contributed by atoms with Gasteiger partial charge in [0.15, 0.2) is 0 Å². The van der Waals surface area contributed by atoms with E-state index in [2.05, 4.69) is 47.0 Å². The van der Waals surface area contributed by atoms with Gasteiger partial charge in [0, 0.05) is 10.8 Å². The Hall–Kier alpha value is -3.38. The highest BCUT2D eigenvalue weighted by Gasteiger charge is 2.19. The molecule has 5 nitrogen and oxygen atoms in total. The average molecular weight is 461 g/mol. The summed E-state index contributed by atoms with van der Waals surface area (Å²) in [5, 5.41) is 5.18. The fourth-order valence-corrected chi connectivity index (χ4v) is 4.28. The van der Waals surface area contributed by atoms with Gasteiger partial charge in [-0.1, -0.05) is 91.5 Å². The zero-order valence-corrected chi connectivity index (χ0v) is 19.6. The molecule has 0 saturated heterocycles. The normalized spacial score (nSPS) is 12.4. The van der Waals surface area contributed by atoms with Gasteiger partial charge in [-0.2, -0.15) is 0 Å². The predicted octanol–water partition coefficient (Wildman–Crippen LogP) is 4.48. The number of carbonyl (C=O) groups is 3. The molecule has 0 radical (unpaired) electrons. The van der Waals surface area contributed by atoms with E-state index in [4.69, 9.17) is 0 Å². The van der Waals surface area contributed by atoms with E-state index in [0.717, 1.165) is 17.5 Å². The molecule has 0 unspecified atom stereocenters. The van der Waals surface area contributed by atoms with Gasteiger partial charge in [-0.25, -0.2) is 0 Å². The van der Waals surface area contributed by atoms with Crippen LogP contribution in [-0.2, 0) is 16.0 Å². The Morgan fingerprint density at radius 3 is 2.00 bits per heavy atom. The van der Waals surface area contributed by atoms with Gasteiger partial charge in [-0.05, 0) is 42.2 Å². The largest absolute Gasteiger partial charge is 0.344 e. The summed E-state index contributed by atoms with van der Waals surface area (Å²) in [7, 11) is 0. The number of amides is 2. The minimum absolute atomic E-state index is 0.0669. The zero-order valence-electron chi connectivity index (χ0n) is 18.8. The summed E-state index contributed by atoms with van der Waals surface area (Å²) in [5.74, 6) is -0.726. The van der Waals surface area contributed by atoms with Crippen LogP contribution in [0.1, 0.15) is 29.8 Å². The third-order valence-corrected chi connectivity index (χ3v) is 6.23. The summed E-state index contributed by atoms with van der Waals surface area (Å²) >= 11 is 1.23. The third-order valence-electron chi connectivity index (χ3n) is 5.08. The standard InChI is InChI=1S/C27H28N2O3S/c1-19(17-21-13-15-23(16-14-21)22-9-5-3-6-10-22)33-27(32)20(2)29-25(30)18-28-26(31)24-11-7-4-8-12-24/h3-16,19-20H,17-18H2,1-2H3,(H,28,31)(H,29,30)/t19-,20+/m0/s1. The van der Waals surface area contributed by atoms with E-state index in [1.807, 2.05) is 31.2 Å². The minimum atomic E-state index is -0.640. The molecule has 0 heterocycles. The van der Waals surface area contributed by atoms with Crippen molar-refractivity contribution in [2.75, 3.05) is 6.54 Å². The number of hydrogen-bond donors (Lipinski definition) is 2. The lowest BCUT2D eigenvalue weighted by atomic mass is 10.0. The number of benzene rings is 3. The molecule has 0 saturated carbocycles. The van der Waals surface area contributed by atoms with Crippen LogP contribution in [0.3, 0.4) is 0 Å². The maximum absolute atomic E-state index is 12.5. The fraction of sp³-hybridized carbons (Fsp3) is 0.222. The summed E-state index contributed by atoms with van der Waals surface area (Å²) in [5.41, 5.74) is 3.97. The van der Waals surface area contributed by atoms with Crippen LogP contribution in [0.25, 0.3) is 11.1 Å². The van der Waals surface area contributed by atoms with E-state index < -0.39 is 11.9 Å². The molecule has 170 valence electrons. The van der Waals surface area contributed by atoms with Gasteiger partial charge in [0.25, 0.3) is 5.91 Å². The highest BCUT2D eigenvalue weighted by Crippen LogP contribution is 2.22. The Morgan fingerprint density at radius 1 is 0.788 bits per heavy atom. The summed E-state index contributed by atoms with van der Waals surface area (Å²) in [6.45, 7) is 3.48. The van der Waals surface area contributed by atoms with Crippen molar-refractivity contribution in [1.82, 2.24) is 10.6 Å². The number of hydrogen-bond acceptors (Lipinski definition) is 4. The number of carbonyl (C=O) groups excluding carboxylic acids is 3. The Labute approximate surface area is 199 Å². The van der Waals surface area contributed by atoms with Crippen molar-refractivity contribution in [2.24, 2.45) is 0 Å². The second-order valence-electron chi connectivity index (χ2n) is 7.85. The third kappa shape index (κ3) is 7.61. The van der Waals surface area contributed by atoms with Crippen molar-refractivity contribution in [3.63, 3.8) is 0 Å². The monoisotopic (exact) mass is 460 g/mol. The molecule has 0 aliphatic rings. The molecule has 3 aromatic carbocycles. The first kappa shape index (κ1) is 24.3. The molecule has 0 aromatic heterocycles. The Bertz CT molecular complexity index is 1070. The Balaban J connectivity index is 1.42. The number of rotatable bonds is 9. The van der Waals surface area contributed by atoms with Gasteiger partial charge >= 0.3 is 0 Å². The quantitative estimate of drug-likeness (QED) is 0.494. The number of thioether (sulfide) groups is 1. The fourth-order valence-electron chi connectivity index (χ4n) is 3.34. The van der Waals surface area contributed by atoms with Crippen LogP contribution in [0.5, 0.6) is 0 Å². The first-order valence-corrected chi connectivity index (χ1v) is 11.8. The van der Waals surface area contributed by atoms with Gasteiger partial charge in [-0.15, -0.1) is 0 Å². The van der Waals surface area contributed by atoms with Gasteiger partial charge in [-0.3, -0.25) is 14.4 Å². The lowest BCUT2D eigenvalue weighted by Crippen LogP contribution is -2.43.